The van der Waals surface area contributed by atoms with E-state index in [1.54, 1.807) is 0 Å². The molecule has 0 aliphatic heterocycles. The highest BCUT2D eigenvalue weighted by Crippen LogP contribution is 2.48. The van der Waals surface area contributed by atoms with Crippen LogP contribution in [-0.2, 0) is 0 Å². The van der Waals surface area contributed by atoms with Crippen molar-refractivity contribution in [3.8, 4) is 0 Å². The van der Waals surface area contributed by atoms with E-state index < -0.39 is 0 Å². The van der Waals surface area contributed by atoms with Crippen molar-refractivity contribution in [1.82, 2.24) is 5.32 Å². The maximum absolute atomic E-state index is 4.52. The predicted molar refractivity (Wildman–Crippen MR) is 82.4 cm³/mol. The molecule has 1 aliphatic carbocycles. The van der Waals surface area contributed by atoms with Crippen LogP contribution in [0, 0.1) is 5.92 Å². The molecule has 1 saturated carbocycles. The molecule has 19 heavy (non-hydrogen) atoms. The van der Waals surface area contributed by atoms with Crippen LogP contribution in [0.2, 0.25) is 0 Å². The first-order valence-electron chi connectivity index (χ1n) is 7.76. The Morgan fingerprint density at radius 2 is 1.95 bits per heavy atom. The number of hydrogen-bond acceptors (Lipinski definition) is 0. The van der Waals surface area contributed by atoms with Gasteiger partial charge < -0.3 is 0 Å². The highest BCUT2D eigenvalue weighted by Gasteiger charge is 2.35. The second-order valence-electron chi connectivity index (χ2n) is 5.51. The highest BCUT2D eigenvalue weighted by molar-refractivity contribution is 5.28. The van der Waals surface area contributed by atoms with Crippen LogP contribution in [0.1, 0.15) is 50.5 Å². The average molecular weight is 256 g/mol. The third-order valence-electron chi connectivity index (χ3n) is 3.81. The zero-order valence-electron chi connectivity index (χ0n) is 12.1. The van der Waals surface area contributed by atoms with Crippen molar-refractivity contribution in [3.05, 3.63) is 48.0 Å². The van der Waals surface area contributed by atoms with E-state index >= 15 is 0 Å². The van der Waals surface area contributed by atoms with Crippen LogP contribution in [0.5, 0.6) is 0 Å². The molecule has 0 heterocycles. The highest BCUT2D eigenvalue weighted by atomic mass is 14.8. The summed E-state index contributed by atoms with van der Waals surface area (Å²) in [5.41, 5.74) is 1.51. The molecule has 2 atom stereocenters. The Hall–Kier alpha value is -1.08. The zero-order valence-corrected chi connectivity index (χ0v) is 12.1. The molecule has 1 aromatic rings. The van der Waals surface area contributed by atoms with Gasteiger partial charge in [-0.3, -0.25) is 0 Å². The van der Waals surface area contributed by atoms with E-state index in [0.29, 0.717) is 0 Å². The van der Waals surface area contributed by atoms with Crippen LogP contribution < -0.4 is 5.32 Å². The van der Waals surface area contributed by atoms with Gasteiger partial charge in [0, 0.05) is 13.1 Å². The SMILES string of the molecule is CCCC[N]CCC/C=C/[C@H]1C[C@@H]1c1ccccc1. The first kappa shape index (κ1) is 14.3. The number of unbranched alkanes of at least 4 members (excludes halogenated alkanes) is 2. The van der Waals surface area contributed by atoms with Crippen molar-refractivity contribution in [2.24, 2.45) is 5.92 Å². The van der Waals surface area contributed by atoms with Gasteiger partial charge in [-0.25, -0.2) is 5.32 Å². The van der Waals surface area contributed by atoms with E-state index in [2.05, 4.69) is 54.7 Å². The van der Waals surface area contributed by atoms with Crippen LogP contribution in [0.25, 0.3) is 0 Å². The summed E-state index contributed by atoms with van der Waals surface area (Å²) in [6, 6.07) is 10.9. The Morgan fingerprint density at radius 3 is 2.74 bits per heavy atom. The maximum Gasteiger partial charge on any atom is 0.0136 e. The molecule has 2 rings (SSSR count). The van der Waals surface area contributed by atoms with Crippen molar-refractivity contribution in [1.29, 1.82) is 0 Å². The molecule has 0 saturated heterocycles. The summed E-state index contributed by atoms with van der Waals surface area (Å²) in [4.78, 5) is 0. The summed E-state index contributed by atoms with van der Waals surface area (Å²) < 4.78 is 0. The summed E-state index contributed by atoms with van der Waals surface area (Å²) >= 11 is 0. The van der Waals surface area contributed by atoms with E-state index in [1.165, 1.54) is 37.7 Å². The standard InChI is InChI=1S/C18H26N/c1-2-3-13-19-14-9-5-8-12-17-15-18(17)16-10-6-4-7-11-16/h4,6-8,10-12,17-18H,2-3,5,9,13-15H2,1H3/b12-8+/t17-,18+/m0/s1. The Kier molecular flexibility index (Phi) is 6.16. The zero-order chi connectivity index (χ0) is 13.3. The molecular formula is C18H26N. The topological polar surface area (TPSA) is 14.1 Å². The molecule has 1 heteroatoms. The molecule has 1 aromatic carbocycles. The number of nitrogens with zero attached hydrogens (tertiary/aromatic N) is 1. The quantitative estimate of drug-likeness (QED) is 0.455. The molecule has 1 radical (unpaired) electrons. The molecule has 1 fully saturated rings. The average Bonchev–Trinajstić information content (AvgIpc) is 3.22. The van der Waals surface area contributed by atoms with Gasteiger partial charge in [-0.05, 0) is 43.1 Å². The second kappa shape index (κ2) is 8.16. The lowest BCUT2D eigenvalue weighted by Crippen LogP contribution is -2.07. The van der Waals surface area contributed by atoms with Gasteiger partial charge in [0.1, 0.15) is 0 Å². The molecule has 0 spiro atoms. The van der Waals surface area contributed by atoms with Crippen molar-refractivity contribution in [2.75, 3.05) is 13.1 Å². The van der Waals surface area contributed by atoms with Crippen LogP contribution in [0.4, 0.5) is 0 Å². The maximum atomic E-state index is 4.52. The van der Waals surface area contributed by atoms with Gasteiger partial charge in [0.15, 0.2) is 0 Å². The van der Waals surface area contributed by atoms with Crippen LogP contribution in [-0.4, -0.2) is 13.1 Å². The summed E-state index contributed by atoms with van der Waals surface area (Å²) in [7, 11) is 0. The molecular weight excluding hydrogens is 230 g/mol. The monoisotopic (exact) mass is 256 g/mol. The van der Waals surface area contributed by atoms with Crippen LogP contribution >= 0.6 is 0 Å². The van der Waals surface area contributed by atoms with E-state index in [4.69, 9.17) is 0 Å². The molecule has 103 valence electrons. The fourth-order valence-electron chi connectivity index (χ4n) is 2.48. The molecule has 0 amide bonds. The minimum atomic E-state index is 0.784. The fraction of sp³-hybridized carbons (Fsp3) is 0.556. The molecule has 0 aromatic heterocycles. The summed E-state index contributed by atoms with van der Waals surface area (Å²) in [5.74, 6) is 1.58. The van der Waals surface area contributed by atoms with Gasteiger partial charge in [-0.15, -0.1) is 0 Å². The van der Waals surface area contributed by atoms with Gasteiger partial charge in [0.25, 0.3) is 0 Å². The molecule has 0 unspecified atom stereocenters. The lowest BCUT2D eigenvalue weighted by atomic mass is 10.1. The summed E-state index contributed by atoms with van der Waals surface area (Å²) in [6.07, 6.45) is 11.0. The molecule has 1 nitrogen and oxygen atoms in total. The third kappa shape index (κ3) is 5.20. The Bertz CT molecular complexity index is 369. The van der Waals surface area contributed by atoms with Gasteiger partial charge in [0.05, 0.1) is 0 Å². The smallest absolute Gasteiger partial charge is 0.0136 e. The number of hydrogen-bond donors (Lipinski definition) is 0. The second-order valence-corrected chi connectivity index (χ2v) is 5.51. The normalized spacial score (nSPS) is 21.9. The van der Waals surface area contributed by atoms with Crippen LogP contribution in [0.3, 0.4) is 0 Å². The lowest BCUT2D eigenvalue weighted by Gasteiger charge is -1.99. The number of rotatable bonds is 9. The first-order chi connectivity index (χ1) is 9.42. The van der Waals surface area contributed by atoms with E-state index in [1.807, 2.05) is 0 Å². The van der Waals surface area contributed by atoms with E-state index in [-0.39, 0.29) is 0 Å². The number of benzene rings is 1. The minimum Gasteiger partial charge on any atom is -0.242 e. The van der Waals surface area contributed by atoms with Crippen molar-refractivity contribution < 1.29 is 0 Å². The molecule has 0 bridgehead atoms. The lowest BCUT2D eigenvalue weighted by molar-refractivity contribution is 0.609. The third-order valence-corrected chi connectivity index (χ3v) is 3.81. The Labute approximate surface area is 118 Å². The van der Waals surface area contributed by atoms with Crippen LogP contribution in [0.15, 0.2) is 42.5 Å². The van der Waals surface area contributed by atoms with E-state index in [9.17, 15) is 0 Å². The van der Waals surface area contributed by atoms with Crippen molar-refractivity contribution in [2.45, 2.75) is 44.9 Å². The molecule has 0 N–H and O–H groups in total. The first-order valence-corrected chi connectivity index (χ1v) is 7.76. The number of allylic oxidation sites excluding steroid dienone is 2. The largest absolute Gasteiger partial charge is 0.242 e. The fourth-order valence-corrected chi connectivity index (χ4v) is 2.48. The van der Waals surface area contributed by atoms with Gasteiger partial charge >= 0.3 is 0 Å². The predicted octanol–water partition coefficient (Wildman–Crippen LogP) is 4.53. The van der Waals surface area contributed by atoms with Gasteiger partial charge in [-0.1, -0.05) is 55.8 Å². The Balaban J connectivity index is 1.53. The van der Waals surface area contributed by atoms with Crippen molar-refractivity contribution in [3.63, 3.8) is 0 Å². The summed E-state index contributed by atoms with van der Waals surface area (Å²) in [5, 5.41) is 4.52. The molecule has 1 aliphatic rings. The van der Waals surface area contributed by atoms with E-state index in [0.717, 1.165) is 24.9 Å². The minimum absolute atomic E-state index is 0.784. The van der Waals surface area contributed by atoms with Gasteiger partial charge in [-0.2, -0.15) is 0 Å². The van der Waals surface area contributed by atoms with Crippen molar-refractivity contribution >= 4 is 0 Å². The van der Waals surface area contributed by atoms with Gasteiger partial charge in [0.2, 0.25) is 0 Å². The summed E-state index contributed by atoms with van der Waals surface area (Å²) in [6.45, 7) is 4.31. The Morgan fingerprint density at radius 1 is 1.16 bits per heavy atom.